The fraction of sp³-hybridized carbons (Fsp3) is 0.576. The van der Waals surface area contributed by atoms with Crippen LogP contribution in [0.1, 0.15) is 201 Å². The molecular weight excluding hydrogens is 805 g/mol. The van der Waals surface area contributed by atoms with Crippen LogP contribution in [0.25, 0.3) is 0 Å². The van der Waals surface area contributed by atoms with Crippen molar-refractivity contribution in [1.82, 2.24) is 0 Å². The van der Waals surface area contributed by atoms with Crippen molar-refractivity contribution in [2.24, 2.45) is 0 Å². The summed E-state index contributed by atoms with van der Waals surface area (Å²) in [4.78, 5) is 38.0. The van der Waals surface area contributed by atoms with Crippen molar-refractivity contribution in [3.63, 3.8) is 0 Å². The molecule has 1 atom stereocenters. The Morgan fingerprint density at radius 3 is 0.877 bits per heavy atom. The van der Waals surface area contributed by atoms with Crippen LogP contribution in [0.5, 0.6) is 0 Å². The number of carbonyl (C=O) groups is 3. The first-order valence-corrected chi connectivity index (χ1v) is 25.7. The zero-order valence-corrected chi connectivity index (χ0v) is 41.4. The Bertz CT molecular complexity index is 1450. The van der Waals surface area contributed by atoms with Crippen LogP contribution < -0.4 is 0 Å². The van der Waals surface area contributed by atoms with Crippen LogP contribution in [0.2, 0.25) is 0 Å². The molecule has 0 aromatic carbocycles. The number of hydrogen-bond donors (Lipinski definition) is 0. The van der Waals surface area contributed by atoms with Gasteiger partial charge in [-0.15, -0.1) is 0 Å². The molecule has 0 aliphatic rings. The van der Waals surface area contributed by atoms with Crippen molar-refractivity contribution in [2.45, 2.75) is 207 Å². The zero-order chi connectivity index (χ0) is 47.2. The summed E-state index contributed by atoms with van der Waals surface area (Å²) < 4.78 is 16.7. The molecule has 0 heterocycles. The Morgan fingerprint density at radius 2 is 0.554 bits per heavy atom. The van der Waals surface area contributed by atoms with Crippen LogP contribution in [-0.2, 0) is 28.6 Å². The lowest BCUT2D eigenvalue weighted by Gasteiger charge is -2.18. The van der Waals surface area contributed by atoms with Gasteiger partial charge in [0.2, 0.25) is 0 Å². The third-order valence-corrected chi connectivity index (χ3v) is 10.1. The molecule has 0 aromatic heterocycles. The summed E-state index contributed by atoms with van der Waals surface area (Å²) in [5, 5.41) is 0. The zero-order valence-electron chi connectivity index (χ0n) is 41.4. The molecule has 0 spiro atoms. The van der Waals surface area contributed by atoms with Crippen molar-refractivity contribution in [3.05, 3.63) is 134 Å². The topological polar surface area (TPSA) is 78.9 Å². The Labute approximate surface area is 398 Å². The van der Waals surface area contributed by atoms with E-state index in [1.165, 1.54) is 0 Å². The molecule has 6 nitrogen and oxygen atoms in total. The fourth-order valence-electron chi connectivity index (χ4n) is 6.38. The van der Waals surface area contributed by atoms with Gasteiger partial charge < -0.3 is 14.2 Å². The standard InChI is InChI=1S/C59H92O6/c1-4-7-10-13-16-19-22-25-27-29-30-31-33-34-37-40-43-46-49-52-58(61)64-55-56(54-63-57(60)51-48-45-42-39-36-24-21-18-15-12-9-6-3)65-59(62)53-50-47-44-41-38-35-32-28-26-23-20-17-14-11-8-5-2/h7-12,16-21,25-28,30-31,34-35,37-38,56H,4-6,13-15,22-24,29,32-33,36,39-55H2,1-3H3/b10-7-,11-8-,12-9-,19-16-,20-17-,21-18-,27-25-,28-26-,31-30-,37-34-,38-35-. The van der Waals surface area contributed by atoms with E-state index in [0.29, 0.717) is 19.3 Å². The van der Waals surface area contributed by atoms with Gasteiger partial charge in [0.25, 0.3) is 0 Å². The van der Waals surface area contributed by atoms with Crippen molar-refractivity contribution >= 4 is 17.9 Å². The molecule has 0 aromatic rings. The van der Waals surface area contributed by atoms with Gasteiger partial charge in [-0.05, 0) is 128 Å². The second-order valence-electron chi connectivity index (χ2n) is 16.3. The minimum atomic E-state index is -0.819. The van der Waals surface area contributed by atoms with E-state index in [4.69, 9.17) is 14.2 Å². The lowest BCUT2D eigenvalue weighted by atomic mass is 10.1. The molecule has 0 bridgehead atoms. The minimum Gasteiger partial charge on any atom is -0.462 e. The van der Waals surface area contributed by atoms with Gasteiger partial charge in [-0.2, -0.15) is 0 Å². The third-order valence-electron chi connectivity index (χ3n) is 10.1. The van der Waals surface area contributed by atoms with E-state index in [1.54, 1.807) is 0 Å². The second kappa shape index (κ2) is 52.2. The van der Waals surface area contributed by atoms with Gasteiger partial charge in [0.1, 0.15) is 13.2 Å². The van der Waals surface area contributed by atoms with E-state index in [1.807, 2.05) is 0 Å². The first kappa shape index (κ1) is 60.5. The summed E-state index contributed by atoms with van der Waals surface area (Å²) in [6.45, 7) is 6.21. The molecule has 65 heavy (non-hydrogen) atoms. The SMILES string of the molecule is CC/C=C\C/C=C\C/C=C\C/C=C\C/C=C\CCCCCC(=O)OCC(COC(=O)CCCCCCC/C=C\C/C=C\CC)OC(=O)CCCCC/C=C\C/C=C\C/C=C\C/C=C\CC. The summed E-state index contributed by atoms with van der Waals surface area (Å²) >= 11 is 0. The molecule has 0 rings (SSSR count). The number of unbranched alkanes of at least 4 members (excludes halogenated alkanes) is 11. The molecule has 0 aliphatic carbocycles. The molecule has 1 unspecified atom stereocenters. The molecule has 0 saturated heterocycles. The monoisotopic (exact) mass is 897 g/mol. The summed E-state index contributed by atoms with van der Waals surface area (Å²) in [5.74, 6) is -1.00. The molecule has 6 heteroatoms. The molecule has 0 saturated carbocycles. The quantitative estimate of drug-likeness (QED) is 0.0262. The minimum absolute atomic E-state index is 0.114. The number of carbonyl (C=O) groups excluding carboxylic acids is 3. The van der Waals surface area contributed by atoms with Crippen LogP contribution in [-0.4, -0.2) is 37.2 Å². The van der Waals surface area contributed by atoms with Gasteiger partial charge in [0.05, 0.1) is 0 Å². The number of hydrogen-bond acceptors (Lipinski definition) is 6. The maximum absolute atomic E-state index is 12.8. The Hall–Kier alpha value is -4.45. The highest BCUT2D eigenvalue weighted by atomic mass is 16.6. The molecule has 364 valence electrons. The second-order valence-corrected chi connectivity index (χ2v) is 16.3. The van der Waals surface area contributed by atoms with Crippen molar-refractivity contribution < 1.29 is 28.6 Å². The van der Waals surface area contributed by atoms with Crippen molar-refractivity contribution in [1.29, 1.82) is 0 Å². The number of rotatable bonds is 44. The van der Waals surface area contributed by atoms with Gasteiger partial charge in [-0.3, -0.25) is 14.4 Å². The van der Waals surface area contributed by atoms with Crippen LogP contribution in [0, 0.1) is 0 Å². The smallest absolute Gasteiger partial charge is 0.306 e. The number of allylic oxidation sites excluding steroid dienone is 22. The maximum Gasteiger partial charge on any atom is 0.306 e. The van der Waals surface area contributed by atoms with Crippen LogP contribution >= 0.6 is 0 Å². The molecule has 0 aliphatic heterocycles. The lowest BCUT2D eigenvalue weighted by Crippen LogP contribution is -2.30. The highest BCUT2D eigenvalue weighted by molar-refractivity contribution is 5.71. The molecular formula is C59H92O6. The largest absolute Gasteiger partial charge is 0.462 e. The molecule has 0 radical (unpaired) electrons. The van der Waals surface area contributed by atoms with Crippen LogP contribution in [0.3, 0.4) is 0 Å². The molecule has 0 N–H and O–H groups in total. The van der Waals surface area contributed by atoms with E-state index < -0.39 is 6.10 Å². The molecule has 0 fully saturated rings. The van der Waals surface area contributed by atoms with E-state index in [2.05, 4.69) is 154 Å². The van der Waals surface area contributed by atoms with E-state index in [9.17, 15) is 14.4 Å². The van der Waals surface area contributed by atoms with Gasteiger partial charge in [-0.25, -0.2) is 0 Å². The third kappa shape index (κ3) is 50.4. The first-order valence-electron chi connectivity index (χ1n) is 25.7. The number of ether oxygens (including phenoxy) is 3. The normalized spacial score (nSPS) is 13.2. The average molecular weight is 897 g/mol. The highest BCUT2D eigenvalue weighted by Gasteiger charge is 2.19. The van der Waals surface area contributed by atoms with Crippen molar-refractivity contribution in [2.75, 3.05) is 13.2 Å². The lowest BCUT2D eigenvalue weighted by molar-refractivity contribution is -0.167. The van der Waals surface area contributed by atoms with Crippen LogP contribution in [0.15, 0.2) is 134 Å². The Kier molecular flexibility index (Phi) is 48.6. The first-order chi connectivity index (χ1) is 32.0. The summed E-state index contributed by atoms with van der Waals surface area (Å²) in [5.41, 5.74) is 0. The van der Waals surface area contributed by atoms with Crippen molar-refractivity contribution in [3.8, 4) is 0 Å². The summed E-state index contributed by atoms with van der Waals surface area (Å²) in [6.07, 6.45) is 72.9. The van der Waals surface area contributed by atoms with Gasteiger partial charge >= 0.3 is 17.9 Å². The molecule has 0 amide bonds. The van der Waals surface area contributed by atoms with Gasteiger partial charge in [0, 0.05) is 19.3 Å². The van der Waals surface area contributed by atoms with E-state index in [-0.39, 0.29) is 37.5 Å². The van der Waals surface area contributed by atoms with Gasteiger partial charge in [-0.1, -0.05) is 187 Å². The average Bonchev–Trinajstić information content (AvgIpc) is 3.30. The Balaban J connectivity index is 4.53. The maximum atomic E-state index is 12.8. The highest BCUT2D eigenvalue weighted by Crippen LogP contribution is 2.12. The Morgan fingerprint density at radius 1 is 0.308 bits per heavy atom. The van der Waals surface area contributed by atoms with E-state index >= 15 is 0 Å². The van der Waals surface area contributed by atoms with E-state index in [0.717, 1.165) is 154 Å². The predicted octanol–water partition coefficient (Wildman–Crippen LogP) is 17.1. The number of esters is 3. The summed E-state index contributed by atoms with van der Waals surface area (Å²) in [6, 6.07) is 0. The summed E-state index contributed by atoms with van der Waals surface area (Å²) in [7, 11) is 0. The fourth-order valence-corrected chi connectivity index (χ4v) is 6.38. The predicted molar refractivity (Wildman–Crippen MR) is 279 cm³/mol. The van der Waals surface area contributed by atoms with Gasteiger partial charge in [0.15, 0.2) is 6.10 Å². The van der Waals surface area contributed by atoms with Crippen LogP contribution in [0.4, 0.5) is 0 Å².